The first-order valence-electron chi connectivity index (χ1n) is 5.87. The van der Waals surface area contributed by atoms with Gasteiger partial charge in [-0.1, -0.05) is 17.7 Å². The van der Waals surface area contributed by atoms with Crippen LogP contribution >= 0.6 is 22.9 Å². The maximum atomic E-state index is 6.15. The molecule has 5 heteroatoms. The molecule has 0 spiro atoms. The highest BCUT2D eigenvalue weighted by Gasteiger charge is 2.13. The summed E-state index contributed by atoms with van der Waals surface area (Å²) >= 11 is 7.86. The molecule has 1 aromatic heterocycles. The number of methoxy groups -OCH3 is 2. The lowest BCUT2D eigenvalue weighted by atomic mass is 10.2. The van der Waals surface area contributed by atoms with Crippen LogP contribution in [0.3, 0.4) is 0 Å². The molecular weight excluding hydrogens is 282 g/mol. The lowest BCUT2D eigenvalue weighted by Gasteiger charge is -2.18. The molecule has 0 aliphatic heterocycles. The predicted molar refractivity (Wildman–Crippen MR) is 80.9 cm³/mol. The summed E-state index contributed by atoms with van der Waals surface area (Å²) in [6, 6.07) is 7.93. The molecule has 1 heterocycles. The Balaban J connectivity index is 2.26. The fraction of sp³-hybridized carbons (Fsp3) is 0.286. The van der Waals surface area contributed by atoms with Gasteiger partial charge >= 0.3 is 0 Å². The second-order valence-electron chi connectivity index (χ2n) is 4.07. The van der Waals surface area contributed by atoms with Gasteiger partial charge in [-0.15, -0.1) is 11.3 Å². The number of hydrogen-bond donors (Lipinski definition) is 1. The third-order valence-corrected chi connectivity index (χ3v) is 4.17. The molecule has 3 nitrogen and oxygen atoms in total. The van der Waals surface area contributed by atoms with Crippen molar-refractivity contribution >= 4 is 28.6 Å². The molecule has 0 saturated heterocycles. The Morgan fingerprint density at radius 1 is 1.21 bits per heavy atom. The zero-order valence-electron chi connectivity index (χ0n) is 11.1. The lowest BCUT2D eigenvalue weighted by molar-refractivity contribution is 0.395. The summed E-state index contributed by atoms with van der Waals surface area (Å²) in [6.07, 6.45) is 0. The molecule has 1 unspecified atom stereocenters. The third-order valence-electron chi connectivity index (χ3n) is 2.82. The van der Waals surface area contributed by atoms with Crippen LogP contribution in [0.4, 0.5) is 5.69 Å². The molecule has 1 N–H and O–H groups in total. The van der Waals surface area contributed by atoms with E-state index < -0.39 is 0 Å². The van der Waals surface area contributed by atoms with Crippen molar-refractivity contribution in [3.05, 3.63) is 39.5 Å². The second-order valence-corrected chi connectivity index (χ2v) is 5.45. The van der Waals surface area contributed by atoms with Crippen molar-refractivity contribution in [1.29, 1.82) is 0 Å². The molecule has 0 aliphatic carbocycles. The van der Waals surface area contributed by atoms with E-state index in [1.165, 1.54) is 4.88 Å². The van der Waals surface area contributed by atoms with E-state index in [9.17, 15) is 0 Å². The van der Waals surface area contributed by atoms with Crippen molar-refractivity contribution in [3.8, 4) is 11.5 Å². The van der Waals surface area contributed by atoms with E-state index in [1.54, 1.807) is 31.6 Å². The fourth-order valence-corrected chi connectivity index (χ4v) is 2.79. The Morgan fingerprint density at radius 2 is 1.95 bits per heavy atom. The van der Waals surface area contributed by atoms with Gasteiger partial charge in [-0.3, -0.25) is 0 Å². The van der Waals surface area contributed by atoms with Crippen molar-refractivity contribution < 1.29 is 9.47 Å². The first kappa shape index (κ1) is 14.0. The van der Waals surface area contributed by atoms with Gasteiger partial charge in [-0.2, -0.15) is 0 Å². The normalized spacial score (nSPS) is 12.0. The summed E-state index contributed by atoms with van der Waals surface area (Å²) in [4.78, 5) is 1.26. The highest BCUT2D eigenvalue weighted by Crippen LogP contribution is 2.37. The molecule has 0 bridgehead atoms. The Labute approximate surface area is 122 Å². The number of hydrogen-bond acceptors (Lipinski definition) is 4. The van der Waals surface area contributed by atoms with Crippen LogP contribution in [0.2, 0.25) is 5.02 Å². The molecule has 0 radical (unpaired) electrons. The minimum absolute atomic E-state index is 0.193. The predicted octanol–water partition coefficient (Wildman–Crippen LogP) is 4.59. The van der Waals surface area contributed by atoms with Gasteiger partial charge in [0.25, 0.3) is 0 Å². The highest BCUT2D eigenvalue weighted by atomic mass is 35.5. The van der Waals surface area contributed by atoms with E-state index in [-0.39, 0.29) is 6.04 Å². The van der Waals surface area contributed by atoms with Gasteiger partial charge in [-0.25, -0.2) is 0 Å². The number of nitrogens with one attached hydrogen (secondary N) is 1. The summed E-state index contributed by atoms with van der Waals surface area (Å²) < 4.78 is 10.5. The average molecular weight is 298 g/mol. The zero-order chi connectivity index (χ0) is 13.8. The second kappa shape index (κ2) is 6.17. The Hall–Kier alpha value is -1.39. The van der Waals surface area contributed by atoms with Crippen molar-refractivity contribution in [2.45, 2.75) is 13.0 Å². The van der Waals surface area contributed by atoms with Gasteiger partial charge in [-0.05, 0) is 24.4 Å². The SMILES string of the molecule is COc1cc(OC)c(NC(C)c2cccs2)cc1Cl. The monoisotopic (exact) mass is 297 g/mol. The van der Waals surface area contributed by atoms with Crippen LogP contribution in [0.1, 0.15) is 17.8 Å². The molecule has 2 aromatic rings. The van der Waals surface area contributed by atoms with E-state index in [0.717, 1.165) is 5.69 Å². The standard InChI is InChI=1S/C14H16ClNO2S/c1-9(14-5-4-6-19-14)16-11-7-10(15)12(17-2)8-13(11)18-3/h4-9,16H,1-3H3. The number of thiophene rings is 1. The summed E-state index contributed by atoms with van der Waals surface area (Å²) in [7, 11) is 3.21. The van der Waals surface area contributed by atoms with Crippen LogP contribution in [0, 0.1) is 0 Å². The van der Waals surface area contributed by atoms with Gasteiger partial charge in [0, 0.05) is 10.9 Å². The number of halogens is 1. The summed E-state index contributed by atoms with van der Waals surface area (Å²) in [6.45, 7) is 2.10. The van der Waals surface area contributed by atoms with E-state index in [4.69, 9.17) is 21.1 Å². The van der Waals surface area contributed by atoms with Gasteiger partial charge in [0.15, 0.2) is 0 Å². The van der Waals surface area contributed by atoms with Crippen LogP contribution in [0.15, 0.2) is 29.6 Å². The van der Waals surface area contributed by atoms with Crippen molar-refractivity contribution in [2.24, 2.45) is 0 Å². The average Bonchev–Trinajstić information content (AvgIpc) is 2.93. The maximum Gasteiger partial charge on any atom is 0.145 e. The van der Waals surface area contributed by atoms with Gasteiger partial charge in [0.05, 0.1) is 31.0 Å². The molecule has 102 valence electrons. The van der Waals surface area contributed by atoms with Crippen LogP contribution in [-0.4, -0.2) is 14.2 Å². The Morgan fingerprint density at radius 3 is 2.53 bits per heavy atom. The number of benzene rings is 1. The first-order chi connectivity index (χ1) is 9.15. The van der Waals surface area contributed by atoms with E-state index in [2.05, 4.69) is 23.7 Å². The van der Waals surface area contributed by atoms with Crippen LogP contribution < -0.4 is 14.8 Å². The fourth-order valence-electron chi connectivity index (χ4n) is 1.81. The first-order valence-corrected chi connectivity index (χ1v) is 7.13. The summed E-state index contributed by atoms with van der Waals surface area (Å²) in [5.41, 5.74) is 0.856. The molecule has 1 aromatic carbocycles. The molecule has 2 rings (SSSR count). The van der Waals surface area contributed by atoms with E-state index in [0.29, 0.717) is 16.5 Å². The number of anilines is 1. The molecular formula is C14H16ClNO2S. The topological polar surface area (TPSA) is 30.5 Å². The molecule has 19 heavy (non-hydrogen) atoms. The minimum atomic E-state index is 0.193. The number of ether oxygens (including phenoxy) is 2. The van der Waals surface area contributed by atoms with Crippen LogP contribution in [0.25, 0.3) is 0 Å². The molecule has 0 amide bonds. The van der Waals surface area contributed by atoms with Crippen molar-refractivity contribution in [2.75, 3.05) is 19.5 Å². The van der Waals surface area contributed by atoms with Gasteiger partial charge < -0.3 is 14.8 Å². The summed E-state index contributed by atoms with van der Waals surface area (Å²) in [5, 5.41) is 6.02. The van der Waals surface area contributed by atoms with Crippen molar-refractivity contribution in [3.63, 3.8) is 0 Å². The van der Waals surface area contributed by atoms with Crippen LogP contribution in [-0.2, 0) is 0 Å². The quantitative estimate of drug-likeness (QED) is 0.875. The molecule has 0 aliphatic rings. The largest absolute Gasteiger partial charge is 0.495 e. The smallest absolute Gasteiger partial charge is 0.145 e. The van der Waals surface area contributed by atoms with E-state index >= 15 is 0 Å². The Kier molecular flexibility index (Phi) is 4.56. The zero-order valence-corrected chi connectivity index (χ0v) is 12.6. The molecule has 0 fully saturated rings. The maximum absolute atomic E-state index is 6.15. The van der Waals surface area contributed by atoms with Gasteiger partial charge in [0.2, 0.25) is 0 Å². The lowest BCUT2D eigenvalue weighted by Crippen LogP contribution is -2.06. The molecule has 0 saturated carbocycles. The molecule has 1 atom stereocenters. The van der Waals surface area contributed by atoms with E-state index in [1.807, 2.05) is 12.1 Å². The Bertz CT molecular complexity index is 543. The third kappa shape index (κ3) is 3.14. The highest BCUT2D eigenvalue weighted by molar-refractivity contribution is 7.10. The van der Waals surface area contributed by atoms with Gasteiger partial charge in [0.1, 0.15) is 11.5 Å². The van der Waals surface area contributed by atoms with Crippen molar-refractivity contribution in [1.82, 2.24) is 0 Å². The summed E-state index contributed by atoms with van der Waals surface area (Å²) in [5.74, 6) is 1.32. The number of rotatable bonds is 5. The minimum Gasteiger partial charge on any atom is -0.495 e. The van der Waals surface area contributed by atoms with Crippen LogP contribution in [0.5, 0.6) is 11.5 Å².